The molecule has 1 N–H and O–H groups in total. The smallest absolute Gasteiger partial charge is 0.182 e. The maximum absolute atomic E-state index is 5.87. The minimum Gasteiger partial charge on any atom is -0.489 e. The first-order valence-electron chi connectivity index (χ1n) is 6.85. The van der Waals surface area contributed by atoms with Crippen molar-refractivity contribution in [1.29, 1.82) is 0 Å². The second-order valence-corrected chi connectivity index (χ2v) is 6.02. The van der Waals surface area contributed by atoms with Gasteiger partial charge in [0.1, 0.15) is 12.4 Å². The molecule has 0 spiro atoms. The number of thiazole rings is 1. The maximum Gasteiger partial charge on any atom is 0.182 e. The fourth-order valence-corrected chi connectivity index (χ4v) is 2.80. The fourth-order valence-electron chi connectivity index (χ4n) is 1.99. The Kier molecular flexibility index (Phi) is 4.61. The van der Waals surface area contributed by atoms with Crippen LogP contribution in [-0.4, -0.2) is 12.0 Å². The van der Waals surface area contributed by atoms with Gasteiger partial charge in [0, 0.05) is 23.0 Å². The lowest BCUT2D eigenvalue weighted by atomic mass is 10.2. The van der Waals surface area contributed by atoms with Crippen LogP contribution < -0.4 is 10.1 Å². The van der Waals surface area contributed by atoms with Crippen LogP contribution in [0.25, 0.3) is 11.3 Å². The molecule has 5 heteroatoms. The van der Waals surface area contributed by atoms with Crippen molar-refractivity contribution in [2.75, 3.05) is 12.4 Å². The molecule has 1 heterocycles. The van der Waals surface area contributed by atoms with Crippen LogP contribution in [0.3, 0.4) is 0 Å². The Bertz CT molecular complexity index is 738. The Morgan fingerprint density at radius 1 is 1.09 bits per heavy atom. The zero-order valence-corrected chi connectivity index (χ0v) is 13.6. The highest BCUT2D eigenvalue weighted by molar-refractivity contribution is 7.14. The van der Waals surface area contributed by atoms with Crippen molar-refractivity contribution in [3.63, 3.8) is 0 Å². The molecule has 0 fully saturated rings. The quantitative estimate of drug-likeness (QED) is 0.708. The average molecular weight is 331 g/mol. The summed E-state index contributed by atoms with van der Waals surface area (Å²) in [6.07, 6.45) is 0. The Hall–Kier alpha value is -2.04. The van der Waals surface area contributed by atoms with Crippen LogP contribution in [0.15, 0.2) is 53.9 Å². The number of halogens is 1. The van der Waals surface area contributed by atoms with E-state index in [0.29, 0.717) is 6.61 Å². The van der Waals surface area contributed by atoms with Gasteiger partial charge in [-0.1, -0.05) is 23.7 Å². The van der Waals surface area contributed by atoms with Gasteiger partial charge in [0.2, 0.25) is 0 Å². The van der Waals surface area contributed by atoms with E-state index >= 15 is 0 Å². The summed E-state index contributed by atoms with van der Waals surface area (Å²) in [6, 6.07) is 15.6. The number of nitrogens with zero attached hydrogens (tertiary/aromatic N) is 1. The molecule has 0 aliphatic rings. The van der Waals surface area contributed by atoms with Crippen molar-refractivity contribution in [2.45, 2.75) is 6.61 Å². The van der Waals surface area contributed by atoms with Gasteiger partial charge in [-0.25, -0.2) is 4.98 Å². The van der Waals surface area contributed by atoms with Crippen molar-refractivity contribution in [1.82, 2.24) is 4.98 Å². The van der Waals surface area contributed by atoms with Gasteiger partial charge < -0.3 is 10.1 Å². The summed E-state index contributed by atoms with van der Waals surface area (Å²) in [5, 5.41) is 6.73. The summed E-state index contributed by atoms with van der Waals surface area (Å²) in [5.74, 6) is 0.836. The van der Waals surface area contributed by atoms with Gasteiger partial charge in [0.25, 0.3) is 0 Å². The van der Waals surface area contributed by atoms with E-state index in [2.05, 4.69) is 10.3 Å². The van der Waals surface area contributed by atoms with Gasteiger partial charge in [-0.2, -0.15) is 0 Å². The first-order chi connectivity index (χ1) is 10.7. The molecule has 112 valence electrons. The van der Waals surface area contributed by atoms with Crippen molar-refractivity contribution in [3.8, 4) is 17.0 Å². The zero-order valence-electron chi connectivity index (χ0n) is 12.0. The normalized spacial score (nSPS) is 10.5. The second-order valence-electron chi connectivity index (χ2n) is 4.73. The van der Waals surface area contributed by atoms with E-state index in [1.54, 1.807) is 11.3 Å². The number of hydrogen-bond acceptors (Lipinski definition) is 4. The topological polar surface area (TPSA) is 34.2 Å². The molecule has 0 radical (unpaired) electrons. The molecule has 0 unspecified atom stereocenters. The Balaban J connectivity index is 1.65. The van der Waals surface area contributed by atoms with E-state index in [1.807, 2.05) is 61.0 Å². The van der Waals surface area contributed by atoms with Crippen LogP contribution in [-0.2, 0) is 6.61 Å². The van der Waals surface area contributed by atoms with Crippen LogP contribution in [0.2, 0.25) is 5.02 Å². The highest BCUT2D eigenvalue weighted by Gasteiger charge is 2.04. The lowest BCUT2D eigenvalue weighted by Gasteiger charge is -2.07. The first kappa shape index (κ1) is 14.9. The number of aromatic nitrogens is 1. The molecule has 0 saturated carbocycles. The molecule has 3 nitrogen and oxygen atoms in total. The largest absolute Gasteiger partial charge is 0.489 e. The molecule has 2 aromatic carbocycles. The predicted octanol–water partition coefficient (Wildman–Crippen LogP) is 5.08. The summed E-state index contributed by atoms with van der Waals surface area (Å²) in [7, 11) is 1.87. The summed E-state index contributed by atoms with van der Waals surface area (Å²) in [6.45, 7) is 0.525. The Morgan fingerprint density at radius 2 is 1.82 bits per heavy atom. The number of benzene rings is 2. The van der Waals surface area contributed by atoms with E-state index in [4.69, 9.17) is 16.3 Å². The minimum absolute atomic E-state index is 0.525. The van der Waals surface area contributed by atoms with E-state index in [-0.39, 0.29) is 0 Å². The fraction of sp³-hybridized carbons (Fsp3) is 0.118. The standard InChI is InChI=1S/C17H15ClN2OS/c1-19-17-20-16(11-22-17)13-4-8-15(9-5-13)21-10-12-2-6-14(18)7-3-12/h2-9,11H,10H2,1H3,(H,19,20). The van der Waals surface area contributed by atoms with Gasteiger partial charge in [0.05, 0.1) is 5.69 Å². The number of hydrogen-bond donors (Lipinski definition) is 1. The summed E-state index contributed by atoms with van der Waals surface area (Å²) < 4.78 is 5.78. The number of nitrogens with one attached hydrogen (secondary N) is 1. The van der Waals surface area contributed by atoms with E-state index in [1.165, 1.54) is 0 Å². The van der Waals surface area contributed by atoms with Gasteiger partial charge in [-0.05, 0) is 42.0 Å². The highest BCUT2D eigenvalue weighted by Crippen LogP contribution is 2.26. The van der Waals surface area contributed by atoms with Crippen molar-refractivity contribution < 1.29 is 4.74 Å². The molecule has 22 heavy (non-hydrogen) atoms. The van der Waals surface area contributed by atoms with Crippen molar-refractivity contribution in [2.24, 2.45) is 0 Å². The van der Waals surface area contributed by atoms with Crippen LogP contribution in [0, 0.1) is 0 Å². The SMILES string of the molecule is CNc1nc(-c2ccc(OCc3ccc(Cl)cc3)cc2)cs1. The second kappa shape index (κ2) is 6.81. The molecular formula is C17H15ClN2OS. The lowest BCUT2D eigenvalue weighted by molar-refractivity contribution is 0.306. The maximum atomic E-state index is 5.87. The molecular weight excluding hydrogens is 316 g/mol. The third kappa shape index (κ3) is 3.59. The molecule has 3 aromatic rings. The first-order valence-corrected chi connectivity index (χ1v) is 8.11. The van der Waals surface area contributed by atoms with Gasteiger partial charge in [-0.3, -0.25) is 0 Å². The molecule has 0 bridgehead atoms. The minimum atomic E-state index is 0.525. The van der Waals surface area contributed by atoms with Crippen LogP contribution in [0.4, 0.5) is 5.13 Å². The molecule has 3 rings (SSSR count). The van der Waals surface area contributed by atoms with E-state index < -0.39 is 0 Å². The van der Waals surface area contributed by atoms with Crippen molar-refractivity contribution in [3.05, 3.63) is 64.5 Å². The molecule has 0 saturated heterocycles. The van der Waals surface area contributed by atoms with Crippen molar-refractivity contribution >= 4 is 28.1 Å². The summed E-state index contributed by atoms with van der Waals surface area (Å²) in [5.41, 5.74) is 3.14. The highest BCUT2D eigenvalue weighted by atomic mass is 35.5. The molecule has 0 aliphatic carbocycles. The predicted molar refractivity (Wildman–Crippen MR) is 92.9 cm³/mol. The third-order valence-electron chi connectivity index (χ3n) is 3.19. The zero-order chi connectivity index (χ0) is 15.4. The van der Waals surface area contributed by atoms with E-state index in [9.17, 15) is 0 Å². The van der Waals surface area contributed by atoms with Crippen LogP contribution in [0.1, 0.15) is 5.56 Å². The molecule has 0 aliphatic heterocycles. The number of rotatable bonds is 5. The van der Waals surface area contributed by atoms with E-state index in [0.717, 1.165) is 32.7 Å². The van der Waals surface area contributed by atoms with Gasteiger partial charge in [-0.15, -0.1) is 11.3 Å². The Labute approximate surface area is 138 Å². The van der Waals surface area contributed by atoms with Gasteiger partial charge in [0.15, 0.2) is 5.13 Å². The van der Waals surface area contributed by atoms with Crippen LogP contribution >= 0.6 is 22.9 Å². The van der Waals surface area contributed by atoms with Gasteiger partial charge >= 0.3 is 0 Å². The molecule has 0 amide bonds. The molecule has 1 aromatic heterocycles. The molecule has 0 atom stereocenters. The third-order valence-corrected chi connectivity index (χ3v) is 4.30. The number of anilines is 1. The summed E-state index contributed by atoms with van der Waals surface area (Å²) >= 11 is 7.46. The monoisotopic (exact) mass is 330 g/mol. The summed E-state index contributed by atoms with van der Waals surface area (Å²) in [4.78, 5) is 4.48. The van der Waals surface area contributed by atoms with Crippen LogP contribution in [0.5, 0.6) is 5.75 Å². The number of ether oxygens (including phenoxy) is 1. The lowest BCUT2D eigenvalue weighted by Crippen LogP contribution is -1.94. The average Bonchev–Trinajstić information content (AvgIpc) is 3.04. The Morgan fingerprint density at radius 3 is 2.45 bits per heavy atom.